The van der Waals surface area contributed by atoms with Gasteiger partial charge in [0.2, 0.25) is 0 Å². The first kappa shape index (κ1) is 22.7. The average Bonchev–Trinajstić information content (AvgIpc) is 3.22. The number of likely N-dealkylation sites (N-methyl/N-ethyl adjacent to an activating group) is 1. The lowest BCUT2D eigenvalue weighted by molar-refractivity contribution is 0.0729. The molecule has 5 rings (SSSR count). The predicted octanol–water partition coefficient (Wildman–Crippen LogP) is 4.86. The lowest BCUT2D eigenvalue weighted by atomic mass is 10.0. The molecule has 0 radical (unpaired) electrons. The number of esters is 1. The normalized spacial score (nSPS) is 17.3. The number of methoxy groups -OCH3 is 1. The summed E-state index contributed by atoms with van der Waals surface area (Å²) in [6.45, 7) is 5.00. The summed E-state index contributed by atoms with van der Waals surface area (Å²) in [4.78, 5) is 29.2. The van der Waals surface area contributed by atoms with Crippen LogP contribution in [-0.4, -0.2) is 37.0 Å². The van der Waals surface area contributed by atoms with Crippen LogP contribution < -0.4 is 20.1 Å². The van der Waals surface area contributed by atoms with Gasteiger partial charge in [0.1, 0.15) is 11.2 Å². The SMILES string of the molecule is CCN1CCc2c(sc3c2C(=O)N[C@H](c2ccc(OC(=O)c4ccc(Cl)cc4)c(OC)c2)N3)C1. The van der Waals surface area contributed by atoms with Crippen molar-refractivity contribution in [2.75, 3.05) is 25.5 Å². The van der Waals surface area contributed by atoms with Crippen LogP contribution in [0, 0.1) is 0 Å². The van der Waals surface area contributed by atoms with E-state index < -0.39 is 12.1 Å². The van der Waals surface area contributed by atoms with Gasteiger partial charge in [-0.2, -0.15) is 0 Å². The molecule has 0 spiro atoms. The van der Waals surface area contributed by atoms with Crippen molar-refractivity contribution >= 4 is 39.8 Å². The first-order chi connectivity index (χ1) is 16.5. The van der Waals surface area contributed by atoms with E-state index in [0.717, 1.165) is 47.7 Å². The van der Waals surface area contributed by atoms with Gasteiger partial charge < -0.3 is 20.1 Å². The van der Waals surface area contributed by atoms with Crippen molar-refractivity contribution in [2.45, 2.75) is 26.1 Å². The zero-order valence-electron chi connectivity index (χ0n) is 18.8. The first-order valence-electron chi connectivity index (χ1n) is 11.1. The van der Waals surface area contributed by atoms with Gasteiger partial charge in [-0.1, -0.05) is 24.6 Å². The van der Waals surface area contributed by atoms with Crippen LogP contribution in [0.1, 0.15) is 49.8 Å². The first-order valence-corrected chi connectivity index (χ1v) is 12.3. The van der Waals surface area contributed by atoms with Gasteiger partial charge in [0, 0.05) is 23.0 Å². The fourth-order valence-electron chi connectivity index (χ4n) is 4.30. The van der Waals surface area contributed by atoms with E-state index in [9.17, 15) is 9.59 Å². The zero-order chi connectivity index (χ0) is 23.8. The minimum absolute atomic E-state index is 0.0709. The van der Waals surface area contributed by atoms with E-state index in [2.05, 4.69) is 22.5 Å². The highest BCUT2D eigenvalue weighted by molar-refractivity contribution is 7.16. The second-order valence-electron chi connectivity index (χ2n) is 8.18. The van der Waals surface area contributed by atoms with E-state index >= 15 is 0 Å². The number of ether oxygens (including phenoxy) is 2. The third-order valence-electron chi connectivity index (χ3n) is 6.16. The molecule has 0 saturated heterocycles. The molecule has 3 heterocycles. The van der Waals surface area contributed by atoms with E-state index in [1.807, 2.05) is 6.07 Å². The van der Waals surface area contributed by atoms with Crippen LogP contribution in [0.5, 0.6) is 11.5 Å². The standard InChI is InChI=1S/C25H24ClN3O4S/c1-3-29-11-10-17-20(13-29)34-24-21(17)23(30)27-22(28-24)15-6-9-18(19(12-15)32-2)33-25(31)14-4-7-16(26)8-5-14/h4-9,12,22,28H,3,10-11,13H2,1-2H3,(H,27,30)/t22-/m0/s1. The number of benzene rings is 2. The number of amides is 1. The molecule has 1 aromatic heterocycles. The van der Waals surface area contributed by atoms with Crippen molar-refractivity contribution in [3.63, 3.8) is 0 Å². The summed E-state index contributed by atoms with van der Waals surface area (Å²) in [5.74, 6) is 0.103. The van der Waals surface area contributed by atoms with Gasteiger partial charge in [0.05, 0.1) is 18.2 Å². The summed E-state index contributed by atoms with van der Waals surface area (Å²) in [5.41, 5.74) is 3.11. The molecule has 1 atom stereocenters. The van der Waals surface area contributed by atoms with Crippen molar-refractivity contribution in [1.82, 2.24) is 10.2 Å². The van der Waals surface area contributed by atoms with Crippen LogP contribution in [0.3, 0.4) is 0 Å². The number of carbonyl (C=O) groups excluding carboxylic acids is 2. The Morgan fingerprint density at radius 3 is 2.71 bits per heavy atom. The molecule has 0 aliphatic carbocycles. The predicted molar refractivity (Wildman–Crippen MR) is 132 cm³/mol. The molecule has 2 N–H and O–H groups in total. The van der Waals surface area contributed by atoms with Crippen molar-refractivity contribution < 1.29 is 19.1 Å². The summed E-state index contributed by atoms with van der Waals surface area (Å²) < 4.78 is 11.0. The van der Waals surface area contributed by atoms with Gasteiger partial charge in [-0.15, -0.1) is 11.3 Å². The lowest BCUT2D eigenvalue weighted by Gasteiger charge is -2.28. The molecule has 176 valence electrons. The van der Waals surface area contributed by atoms with Crippen molar-refractivity contribution in [1.29, 1.82) is 0 Å². The smallest absolute Gasteiger partial charge is 0.343 e. The Hall–Kier alpha value is -3.07. The number of hydrogen-bond acceptors (Lipinski definition) is 7. The Labute approximate surface area is 206 Å². The molecular formula is C25H24ClN3O4S. The Morgan fingerprint density at radius 2 is 1.97 bits per heavy atom. The highest BCUT2D eigenvalue weighted by Crippen LogP contribution is 2.41. The number of carbonyl (C=O) groups is 2. The molecule has 0 fully saturated rings. The van der Waals surface area contributed by atoms with E-state index in [1.165, 1.54) is 12.0 Å². The van der Waals surface area contributed by atoms with Gasteiger partial charge in [0.15, 0.2) is 11.5 Å². The lowest BCUT2D eigenvalue weighted by Crippen LogP contribution is -2.38. The topological polar surface area (TPSA) is 79.9 Å². The molecule has 0 saturated carbocycles. The maximum Gasteiger partial charge on any atom is 0.343 e. The molecule has 0 unspecified atom stereocenters. The molecule has 2 aromatic carbocycles. The Balaban J connectivity index is 1.37. The van der Waals surface area contributed by atoms with Crippen LogP contribution in [0.4, 0.5) is 5.00 Å². The number of rotatable bonds is 5. The fraction of sp³-hybridized carbons (Fsp3) is 0.280. The number of nitrogens with one attached hydrogen (secondary N) is 2. The molecule has 3 aromatic rings. The summed E-state index contributed by atoms with van der Waals surface area (Å²) in [7, 11) is 1.51. The van der Waals surface area contributed by atoms with Gasteiger partial charge in [-0.25, -0.2) is 4.79 Å². The second kappa shape index (κ2) is 9.29. The molecule has 2 aliphatic heterocycles. The molecule has 34 heavy (non-hydrogen) atoms. The zero-order valence-corrected chi connectivity index (χ0v) is 20.4. The number of anilines is 1. The summed E-state index contributed by atoms with van der Waals surface area (Å²) >= 11 is 7.55. The van der Waals surface area contributed by atoms with Crippen molar-refractivity contribution in [3.05, 3.63) is 74.6 Å². The van der Waals surface area contributed by atoms with Gasteiger partial charge in [-0.3, -0.25) is 9.69 Å². The van der Waals surface area contributed by atoms with E-state index in [1.54, 1.807) is 47.7 Å². The maximum atomic E-state index is 13.0. The quantitative estimate of drug-likeness (QED) is 0.387. The van der Waals surface area contributed by atoms with Gasteiger partial charge in [-0.05, 0) is 60.5 Å². The van der Waals surface area contributed by atoms with Crippen molar-refractivity contribution in [2.24, 2.45) is 0 Å². The van der Waals surface area contributed by atoms with E-state index in [0.29, 0.717) is 22.1 Å². The maximum absolute atomic E-state index is 13.0. The number of thiophene rings is 1. The largest absolute Gasteiger partial charge is 0.493 e. The van der Waals surface area contributed by atoms with Crippen LogP contribution in [0.25, 0.3) is 0 Å². The molecule has 0 bridgehead atoms. The number of hydrogen-bond donors (Lipinski definition) is 2. The third kappa shape index (κ3) is 4.24. The molecule has 2 aliphatic rings. The Morgan fingerprint density at radius 1 is 1.18 bits per heavy atom. The Bertz CT molecular complexity index is 1260. The van der Waals surface area contributed by atoms with E-state index in [-0.39, 0.29) is 5.91 Å². The fourth-order valence-corrected chi connectivity index (χ4v) is 5.74. The van der Waals surface area contributed by atoms with Crippen molar-refractivity contribution in [3.8, 4) is 11.5 Å². The molecular weight excluding hydrogens is 474 g/mol. The average molecular weight is 498 g/mol. The summed E-state index contributed by atoms with van der Waals surface area (Å²) in [5, 5.41) is 7.97. The van der Waals surface area contributed by atoms with Crippen LogP contribution >= 0.6 is 22.9 Å². The molecule has 9 heteroatoms. The number of halogens is 1. The monoisotopic (exact) mass is 497 g/mol. The summed E-state index contributed by atoms with van der Waals surface area (Å²) in [6.07, 6.45) is 0.466. The highest BCUT2D eigenvalue weighted by Gasteiger charge is 2.33. The Kier molecular flexibility index (Phi) is 6.20. The second-order valence-corrected chi connectivity index (χ2v) is 9.73. The van der Waals surface area contributed by atoms with Crippen LogP contribution in [0.2, 0.25) is 5.02 Å². The number of nitrogens with zero attached hydrogens (tertiary/aromatic N) is 1. The number of fused-ring (bicyclic) bond motifs is 3. The van der Waals surface area contributed by atoms with E-state index in [4.69, 9.17) is 21.1 Å². The van der Waals surface area contributed by atoms with Gasteiger partial charge in [0.25, 0.3) is 5.91 Å². The minimum atomic E-state index is -0.512. The molecule has 1 amide bonds. The van der Waals surface area contributed by atoms with Crippen LogP contribution in [0.15, 0.2) is 42.5 Å². The minimum Gasteiger partial charge on any atom is -0.493 e. The van der Waals surface area contributed by atoms with Crippen LogP contribution in [-0.2, 0) is 13.0 Å². The van der Waals surface area contributed by atoms with Gasteiger partial charge >= 0.3 is 5.97 Å². The summed E-state index contributed by atoms with van der Waals surface area (Å²) in [6, 6.07) is 11.7. The third-order valence-corrected chi connectivity index (χ3v) is 7.56. The molecule has 7 nitrogen and oxygen atoms in total. The highest BCUT2D eigenvalue weighted by atomic mass is 35.5.